The number of carboxylic acid groups (broad SMARTS) is 1. The van der Waals surface area contributed by atoms with Gasteiger partial charge in [0.2, 0.25) is 0 Å². The van der Waals surface area contributed by atoms with E-state index in [2.05, 4.69) is 4.90 Å². The third kappa shape index (κ3) is 3.95. The summed E-state index contributed by atoms with van der Waals surface area (Å²) >= 11 is 0. The average Bonchev–Trinajstić information content (AvgIpc) is 2.63. The number of morpholine rings is 1. The fourth-order valence-electron chi connectivity index (χ4n) is 2.68. The van der Waals surface area contributed by atoms with Gasteiger partial charge in [0.05, 0.1) is 24.6 Å². The van der Waals surface area contributed by atoms with E-state index in [1.807, 2.05) is 24.3 Å². The standard InChI is InChI=1S/C18H21N3O4/c1-20(18(22)23)17-12-15(5-6-16(17)19)25-14-4-2-3-13(11-14)21-7-9-24-10-8-21/h2-6,11-12H,7-10,19H2,1H3,(H,22,23). The second kappa shape index (κ2) is 7.31. The zero-order chi connectivity index (χ0) is 17.8. The molecule has 1 heterocycles. The van der Waals surface area contributed by atoms with Crippen LogP contribution in [0.2, 0.25) is 0 Å². The Hall–Kier alpha value is -2.93. The molecule has 1 saturated heterocycles. The van der Waals surface area contributed by atoms with Gasteiger partial charge in [0.15, 0.2) is 0 Å². The number of hydrogen-bond acceptors (Lipinski definition) is 5. The van der Waals surface area contributed by atoms with Crippen molar-refractivity contribution in [1.82, 2.24) is 0 Å². The molecule has 0 spiro atoms. The van der Waals surface area contributed by atoms with Crippen LogP contribution in [-0.4, -0.2) is 44.6 Å². The van der Waals surface area contributed by atoms with Crippen LogP contribution in [0.5, 0.6) is 11.5 Å². The van der Waals surface area contributed by atoms with E-state index in [4.69, 9.17) is 20.3 Å². The SMILES string of the molecule is CN(C(=O)O)c1cc(Oc2cccc(N3CCOCC3)c2)ccc1N. The van der Waals surface area contributed by atoms with Crippen LogP contribution >= 0.6 is 0 Å². The number of nitrogen functional groups attached to an aromatic ring is 1. The molecule has 132 valence electrons. The van der Waals surface area contributed by atoms with Crippen molar-refractivity contribution in [1.29, 1.82) is 0 Å². The van der Waals surface area contributed by atoms with Gasteiger partial charge in [0.1, 0.15) is 11.5 Å². The van der Waals surface area contributed by atoms with E-state index < -0.39 is 6.09 Å². The van der Waals surface area contributed by atoms with Crippen LogP contribution in [-0.2, 0) is 4.74 Å². The van der Waals surface area contributed by atoms with Gasteiger partial charge in [-0.3, -0.25) is 4.90 Å². The molecular weight excluding hydrogens is 322 g/mol. The molecule has 0 unspecified atom stereocenters. The van der Waals surface area contributed by atoms with Gasteiger partial charge >= 0.3 is 6.09 Å². The molecular formula is C18H21N3O4. The first-order valence-electron chi connectivity index (χ1n) is 8.01. The van der Waals surface area contributed by atoms with Gasteiger partial charge < -0.3 is 25.2 Å². The van der Waals surface area contributed by atoms with E-state index >= 15 is 0 Å². The van der Waals surface area contributed by atoms with Crippen LogP contribution in [0, 0.1) is 0 Å². The number of benzene rings is 2. The van der Waals surface area contributed by atoms with Gasteiger partial charge in [0, 0.05) is 38.0 Å². The Bertz CT molecular complexity index is 760. The molecule has 0 aromatic heterocycles. The summed E-state index contributed by atoms with van der Waals surface area (Å²) in [5.74, 6) is 1.20. The summed E-state index contributed by atoms with van der Waals surface area (Å²) in [5, 5.41) is 9.13. The monoisotopic (exact) mass is 343 g/mol. The minimum Gasteiger partial charge on any atom is -0.465 e. The smallest absolute Gasteiger partial charge is 0.411 e. The lowest BCUT2D eigenvalue weighted by atomic mass is 10.2. The van der Waals surface area contributed by atoms with Crippen LogP contribution in [0.15, 0.2) is 42.5 Å². The topological polar surface area (TPSA) is 88.3 Å². The molecule has 0 atom stereocenters. The molecule has 0 aliphatic carbocycles. The summed E-state index contributed by atoms with van der Waals surface area (Å²) in [4.78, 5) is 14.5. The summed E-state index contributed by atoms with van der Waals surface area (Å²) in [6.07, 6.45) is -1.09. The number of nitrogens with zero attached hydrogens (tertiary/aromatic N) is 2. The van der Waals surface area contributed by atoms with Crippen molar-refractivity contribution >= 4 is 23.2 Å². The predicted molar refractivity (Wildman–Crippen MR) is 96.8 cm³/mol. The average molecular weight is 343 g/mol. The lowest BCUT2D eigenvalue weighted by Gasteiger charge is -2.29. The van der Waals surface area contributed by atoms with Crippen LogP contribution in [0.3, 0.4) is 0 Å². The molecule has 1 fully saturated rings. The lowest BCUT2D eigenvalue weighted by molar-refractivity contribution is 0.122. The Labute approximate surface area is 146 Å². The van der Waals surface area contributed by atoms with Gasteiger partial charge in [-0.1, -0.05) is 6.07 Å². The van der Waals surface area contributed by atoms with Crippen molar-refractivity contribution in [3.8, 4) is 11.5 Å². The maximum Gasteiger partial charge on any atom is 0.411 e. The van der Waals surface area contributed by atoms with E-state index in [9.17, 15) is 4.79 Å². The highest BCUT2D eigenvalue weighted by Crippen LogP contribution is 2.32. The van der Waals surface area contributed by atoms with Crippen LogP contribution in [0.25, 0.3) is 0 Å². The second-order valence-electron chi connectivity index (χ2n) is 5.76. The number of amides is 1. The van der Waals surface area contributed by atoms with Crippen LogP contribution in [0.1, 0.15) is 0 Å². The molecule has 1 aliphatic heterocycles. The number of hydrogen-bond donors (Lipinski definition) is 2. The van der Waals surface area contributed by atoms with Crippen molar-refractivity contribution < 1.29 is 19.4 Å². The molecule has 2 aromatic carbocycles. The first-order chi connectivity index (χ1) is 12.0. The van der Waals surface area contributed by atoms with Gasteiger partial charge in [-0.15, -0.1) is 0 Å². The minimum absolute atomic E-state index is 0.374. The van der Waals surface area contributed by atoms with Crippen molar-refractivity contribution in [3.63, 3.8) is 0 Å². The quantitative estimate of drug-likeness (QED) is 0.830. The number of carbonyl (C=O) groups is 1. The maximum absolute atomic E-state index is 11.2. The Morgan fingerprint density at radius 3 is 2.64 bits per heavy atom. The lowest BCUT2D eigenvalue weighted by Crippen LogP contribution is -2.36. The Morgan fingerprint density at radius 1 is 1.20 bits per heavy atom. The van der Waals surface area contributed by atoms with Crippen molar-refractivity contribution in [2.75, 3.05) is 48.9 Å². The maximum atomic E-state index is 11.2. The Balaban J connectivity index is 1.80. The molecule has 25 heavy (non-hydrogen) atoms. The van der Waals surface area contributed by atoms with E-state index in [-0.39, 0.29) is 0 Å². The molecule has 2 aromatic rings. The summed E-state index contributed by atoms with van der Waals surface area (Å²) in [6.45, 7) is 3.12. The van der Waals surface area contributed by atoms with Crippen LogP contribution in [0.4, 0.5) is 21.9 Å². The van der Waals surface area contributed by atoms with Crippen molar-refractivity contribution in [3.05, 3.63) is 42.5 Å². The summed E-state index contributed by atoms with van der Waals surface area (Å²) in [5.41, 5.74) is 7.69. The zero-order valence-corrected chi connectivity index (χ0v) is 14.0. The highest BCUT2D eigenvalue weighted by molar-refractivity contribution is 5.90. The van der Waals surface area contributed by atoms with Crippen molar-refractivity contribution in [2.45, 2.75) is 0 Å². The summed E-state index contributed by atoms with van der Waals surface area (Å²) in [7, 11) is 1.44. The number of nitrogens with two attached hydrogens (primary N) is 1. The number of anilines is 3. The third-order valence-corrected chi connectivity index (χ3v) is 4.08. The number of rotatable bonds is 4. The summed E-state index contributed by atoms with van der Waals surface area (Å²) in [6, 6.07) is 12.8. The molecule has 7 heteroatoms. The van der Waals surface area contributed by atoms with E-state index in [1.165, 1.54) is 7.05 Å². The third-order valence-electron chi connectivity index (χ3n) is 4.08. The Morgan fingerprint density at radius 2 is 1.92 bits per heavy atom. The van der Waals surface area contributed by atoms with E-state index in [0.717, 1.165) is 23.7 Å². The normalized spacial score (nSPS) is 14.2. The highest BCUT2D eigenvalue weighted by Gasteiger charge is 2.14. The molecule has 1 aliphatic rings. The van der Waals surface area contributed by atoms with Gasteiger partial charge in [-0.25, -0.2) is 4.79 Å². The minimum atomic E-state index is -1.09. The first-order valence-corrected chi connectivity index (χ1v) is 8.01. The second-order valence-corrected chi connectivity index (χ2v) is 5.76. The zero-order valence-electron chi connectivity index (χ0n) is 14.0. The molecule has 0 saturated carbocycles. The molecule has 3 N–H and O–H groups in total. The fraction of sp³-hybridized carbons (Fsp3) is 0.278. The van der Waals surface area contributed by atoms with Crippen LogP contribution < -0.4 is 20.3 Å². The molecule has 1 amide bonds. The Kier molecular flexibility index (Phi) is 4.95. The largest absolute Gasteiger partial charge is 0.465 e. The summed E-state index contributed by atoms with van der Waals surface area (Å²) < 4.78 is 11.3. The fourth-order valence-corrected chi connectivity index (χ4v) is 2.68. The molecule has 0 radical (unpaired) electrons. The molecule has 7 nitrogen and oxygen atoms in total. The van der Waals surface area contributed by atoms with Gasteiger partial charge in [-0.05, 0) is 24.3 Å². The first kappa shape index (κ1) is 16.9. The predicted octanol–water partition coefficient (Wildman–Crippen LogP) is 3.01. The number of ether oxygens (including phenoxy) is 2. The highest BCUT2D eigenvalue weighted by atomic mass is 16.5. The van der Waals surface area contributed by atoms with E-state index in [1.54, 1.807) is 18.2 Å². The van der Waals surface area contributed by atoms with E-state index in [0.29, 0.717) is 36.1 Å². The van der Waals surface area contributed by atoms with Gasteiger partial charge in [0.25, 0.3) is 0 Å². The van der Waals surface area contributed by atoms with Crippen molar-refractivity contribution in [2.24, 2.45) is 0 Å². The molecule has 3 rings (SSSR count). The van der Waals surface area contributed by atoms with Gasteiger partial charge in [-0.2, -0.15) is 0 Å². The molecule has 0 bridgehead atoms.